The highest BCUT2D eigenvalue weighted by atomic mass is 16.5. The Balaban J connectivity index is 1.57. The molecule has 0 saturated carbocycles. The van der Waals surface area contributed by atoms with Gasteiger partial charge in [0.25, 0.3) is 0 Å². The molecule has 3 heterocycles. The summed E-state index contributed by atoms with van der Waals surface area (Å²) in [6, 6.07) is 10.1. The number of ether oxygens (including phenoxy) is 1. The van der Waals surface area contributed by atoms with Gasteiger partial charge in [-0.25, -0.2) is 0 Å². The van der Waals surface area contributed by atoms with Crippen LogP contribution in [0.3, 0.4) is 0 Å². The zero-order valence-corrected chi connectivity index (χ0v) is 13.7. The third kappa shape index (κ3) is 2.81. The molecule has 0 aliphatic carbocycles. The summed E-state index contributed by atoms with van der Waals surface area (Å²) in [5, 5.41) is 11.4. The van der Waals surface area contributed by atoms with Crippen LogP contribution in [-0.4, -0.2) is 70.5 Å². The highest BCUT2D eigenvalue weighted by Crippen LogP contribution is 2.24. The largest absolute Gasteiger partial charge is 0.378 e. The number of aromatic nitrogens is 3. The van der Waals surface area contributed by atoms with Gasteiger partial charge in [0.1, 0.15) is 11.4 Å². The van der Waals surface area contributed by atoms with Crippen LogP contribution >= 0.6 is 0 Å². The fourth-order valence-corrected chi connectivity index (χ4v) is 3.52. The molecular weight excluding hydrogens is 306 g/mol. The predicted octanol–water partition coefficient (Wildman–Crippen LogP) is 0.761. The molecule has 2 aromatic rings. The van der Waals surface area contributed by atoms with E-state index in [1.807, 2.05) is 42.3 Å². The van der Waals surface area contributed by atoms with Crippen molar-refractivity contribution >= 4 is 5.91 Å². The number of carbonyl (C=O) groups is 1. The van der Waals surface area contributed by atoms with Gasteiger partial charge in [0.2, 0.25) is 5.91 Å². The fraction of sp³-hybridized carbons (Fsp3) is 0.471. The Labute approximate surface area is 140 Å². The lowest BCUT2D eigenvalue weighted by Gasteiger charge is -2.28. The van der Waals surface area contributed by atoms with Gasteiger partial charge in [0.05, 0.1) is 25.2 Å². The number of hydrogen-bond acceptors (Lipinski definition) is 5. The van der Waals surface area contributed by atoms with Crippen LogP contribution < -0.4 is 0 Å². The first-order valence-corrected chi connectivity index (χ1v) is 8.24. The van der Waals surface area contributed by atoms with Crippen molar-refractivity contribution in [2.45, 2.75) is 12.6 Å². The molecule has 7 nitrogen and oxygen atoms in total. The van der Waals surface area contributed by atoms with Gasteiger partial charge < -0.3 is 9.64 Å². The van der Waals surface area contributed by atoms with Gasteiger partial charge in [-0.15, -0.1) is 0 Å². The van der Waals surface area contributed by atoms with Crippen LogP contribution in [-0.2, 0) is 16.1 Å². The maximum absolute atomic E-state index is 12.4. The van der Waals surface area contributed by atoms with Crippen molar-refractivity contribution in [3.8, 4) is 11.3 Å². The maximum Gasteiger partial charge on any atom is 0.229 e. The van der Waals surface area contributed by atoms with Crippen LogP contribution in [0.4, 0.5) is 0 Å². The van der Waals surface area contributed by atoms with E-state index in [1.165, 1.54) is 0 Å². The molecule has 2 fully saturated rings. The highest BCUT2D eigenvalue weighted by Gasteiger charge is 2.37. The minimum Gasteiger partial charge on any atom is -0.378 e. The van der Waals surface area contributed by atoms with Gasteiger partial charge in [-0.3, -0.25) is 9.69 Å². The number of nitrogens with one attached hydrogen (secondary N) is 1. The van der Waals surface area contributed by atoms with Crippen LogP contribution in [0.25, 0.3) is 11.3 Å². The first kappa shape index (κ1) is 15.3. The molecule has 24 heavy (non-hydrogen) atoms. The van der Waals surface area contributed by atoms with Crippen LogP contribution in [0.2, 0.25) is 0 Å². The number of carbonyl (C=O) groups excluding carboxylic acids is 1. The number of likely N-dealkylation sites (N-methyl/N-ethyl adjacent to an activating group) is 1. The lowest BCUT2D eigenvalue weighted by molar-refractivity contribution is -0.133. The van der Waals surface area contributed by atoms with Gasteiger partial charge in [0, 0.05) is 32.2 Å². The van der Waals surface area contributed by atoms with Crippen LogP contribution in [0.5, 0.6) is 0 Å². The summed E-state index contributed by atoms with van der Waals surface area (Å²) >= 11 is 0. The van der Waals surface area contributed by atoms with Crippen molar-refractivity contribution in [2.24, 2.45) is 5.92 Å². The average Bonchev–Trinajstić information content (AvgIpc) is 2.96. The molecule has 2 aliphatic heterocycles. The molecule has 1 aromatic heterocycles. The van der Waals surface area contributed by atoms with Crippen molar-refractivity contribution in [2.75, 3.05) is 33.4 Å². The minimum atomic E-state index is -0.102. The summed E-state index contributed by atoms with van der Waals surface area (Å²) in [6.07, 6.45) is 0. The maximum atomic E-state index is 12.4. The number of benzene rings is 1. The van der Waals surface area contributed by atoms with E-state index in [9.17, 15) is 4.79 Å². The van der Waals surface area contributed by atoms with E-state index >= 15 is 0 Å². The second-order valence-corrected chi connectivity index (χ2v) is 6.52. The summed E-state index contributed by atoms with van der Waals surface area (Å²) in [7, 11) is 1.88. The van der Waals surface area contributed by atoms with E-state index in [0.29, 0.717) is 26.3 Å². The standard InChI is InChI=1S/C17H21N5O2/c1-21-14-8-22(7-13(17(21)23)10-24-11-14)9-15-16(19-20-18-15)12-5-3-2-4-6-12/h2-6,13-14H,7-11H2,1H3,(H,18,19,20)/t13-,14+/m1/s1. The highest BCUT2D eigenvalue weighted by molar-refractivity contribution is 5.80. The normalized spacial score (nSPS) is 24.9. The Hall–Kier alpha value is -2.25. The molecule has 0 spiro atoms. The Bertz CT molecular complexity index is 717. The topological polar surface area (TPSA) is 74.3 Å². The van der Waals surface area contributed by atoms with Crippen molar-refractivity contribution in [1.29, 1.82) is 0 Å². The lowest BCUT2D eigenvalue weighted by atomic mass is 10.1. The number of H-pyrrole nitrogens is 1. The molecule has 1 aromatic carbocycles. The average molecular weight is 327 g/mol. The van der Waals surface area contributed by atoms with E-state index in [0.717, 1.165) is 23.5 Å². The van der Waals surface area contributed by atoms with Gasteiger partial charge in [0.15, 0.2) is 0 Å². The molecule has 0 radical (unpaired) electrons. The molecule has 1 amide bonds. The summed E-state index contributed by atoms with van der Waals surface area (Å²) < 4.78 is 5.66. The number of rotatable bonds is 3. The molecule has 4 rings (SSSR count). The Morgan fingerprint density at radius 3 is 2.88 bits per heavy atom. The first-order chi connectivity index (χ1) is 11.7. The Morgan fingerprint density at radius 2 is 2.04 bits per heavy atom. The van der Waals surface area contributed by atoms with E-state index < -0.39 is 0 Å². The molecule has 126 valence electrons. The van der Waals surface area contributed by atoms with E-state index in [4.69, 9.17) is 4.74 Å². The molecular formula is C17H21N5O2. The predicted molar refractivity (Wildman–Crippen MR) is 88.0 cm³/mol. The molecule has 2 bridgehead atoms. The molecule has 2 aliphatic rings. The molecule has 2 atom stereocenters. The molecule has 7 heteroatoms. The smallest absolute Gasteiger partial charge is 0.229 e. The zero-order valence-electron chi connectivity index (χ0n) is 13.7. The van der Waals surface area contributed by atoms with Crippen LogP contribution in [0, 0.1) is 5.92 Å². The second kappa shape index (κ2) is 6.33. The number of fused-ring (bicyclic) bond motifs is 3. The Morgan fingerprint density at radius 1 is 1.21 bits per heavy atom. The van der Waals surface area contributed by atoms with Gasteiger partial charge >= 0.3 is 0 Å². The van der Waals surface area contributed by atoms with E-state index in [1.54, 1.807) is 0 Å². The van der Waals surface area contributed by atoms with Crippen molar-refractivity contribution in [1.82, 2.24) is 25.2 Å². The molecule has 1 N–H and O–H groups in total. The van der Waals surface area contributed by atoms with Crippen LogP contribution in [0.15, 0.2) is 30.3 Å². The van der Waals surface area contributed by atoms with E-state index in [2.05, 4.69) is 20.3 Å². The summed E-state index contributed by atoms with van der Waals surface area (Å²) in [5.41, 5.74) is 2.84. The van der Waals surface area contributed by atoms with Crippen molar-refractivity contribution in [3.63, 3.8) is 0 Å². The van der Waals surface area contributed by atoms with Crippen molar-refractivity contribution in [3.05, 3.63) is 36.0 Å². The third-order valence-electron chi connectivity index (χ3n) is 4.86. The molecule has 2 saturated heterocycles. The van der Waals surface area contributed by atoms with E-state index in [-0.39, 0.29) is 17.9 Å². The first-order valence-electron chi connectivity index (χ1n) is 8.24. The number of amides is 1. The summed E-state index contributed by atoms with van der Waals surface area (Å²) in [4.78, 5) is 16.6. The second-order valence-electron chi connectivity index (χ2n) is 6.52. The summed E-state index contributed by atoms with van der Waals surface area (Å²) in [5.74, 6) is 0.0815. The monoisotopic (exact) mass is 327 g/mol. The SMILES string of the molecule is CN1C(=O)[C@H]2COC[C@@H]1CN(Cc1n[nH]nc1-c1ccccc1)C2. The summed E-state index contributed by atoms with van der Waals surface area (Å²) in [6.45, 7) is 3.26. The van der Waals surface area contributed by atoms with Crippen LogP contribution in [0.1, 0.15) is 5.69 Å². The minimum absolute atomic E-state index is 0.0945. The van der Waals surface area contributed by atoms with Gasteiger partial charge in [-0.2, -0.15) is 15.4 Å². The fourth-order valence-electron chi connectivity index (χ4n) is 3.52. The lowest BCUT2D eigenvalue weighted by Crippen LogP contribution is -2.43. The zero-order chi connectivity index (χ0) is 16.5. The number of hydrogen-bond donors (Lipinski definition) is 1. The third-order valence-corrected chi connectivity index (χ3v) is 4.86. The van der Waals surface area contributed by atoms with Gasteiger partial charge in [-0.05, 0) is 0 Å². The van der Waals surface area contributed by atoms with Gasteiger partial charge in [-0.1, -0.05) is 30.3 Å². The quantitative estimate of drug-likeness (QED) is 0.901. The number of nitrogens with zero attached hydrogens (tertiary/aromatic N) is 4. The molecule has 0 unspecified atom stereocenters. The Kier molecular flexibility index (Phi) is 4.03. The number of aromatic amines is 1. The van der Waals surface area contributed by atoms with Crippen molar-refractivity contribution < 1.29 is 9.53 Å².